The molecule has 144 valence electrons. The maximum absolute atomic E-state index is 12.9. The molecule has 1 aliphatic rings. The third kappa shape index (κ3) is 4.13. The molecule has 27 heavy (non-hydrogen) atoms. The third-order valence-electron chi connectivity index (χ3n) is 4.68. The molecule has 0 saturated heterocycles. The molecule has 0 N–H and O–H groups in total. The first-order valence-electron chi connectivity index (χ1n) is 9.21. The minimum absolute atomic E-state index is 0.0123. The molecule has 0 bridgehead atoms. The van der Waals surface area contributed by atoms with Crippen molar-refractivity contribution < 1.29 is 14.3 Å². The minimum atomic E-state index is -0.549. The van der Waals surface area contributed by atoms with E-state index in [1.54, 1.807) is 22.7 Å². The Hall–Kier alpha value is -2.83. The Bertz CT molecular complexity index is 830. The number of aromatic nitrogens is 2. The molecule has 1 atom stereocenters. The zero-order valence-electron chi connectivity index (χ0n) is 16.3. The molecule has 7 nitrogen and oxygen atoms in total. The second kappa shape index (κ2) is 7.82. The smallest absolute Gasteiger partial charge is 0.267 e. The lowest BCUT2D eigenvalue weighted by Gasteiger charge is -2.33. The van der Waals surface area contributed by atoms with Gasteiger partial charge in [0.05, 0.1) is 11.9 Å². The minimum Gasteiger partial charge on any atom is -0.479 e. The first-order valence-corrected chi connectivity index (χ1v) is 9.21. The standard InChI is InChI=1S/C20H26N4O3/c1-14(2)24(13-16-11-21-22(4)12-16)19(25)9-10-23-17-7-5-6-8-18(17)27-15(3)20(23)26/h5-8,11-12,14-15H,9-10,13H2,1-4H3/t15-/m1/s1. The highest BCUT2D eigenvalue weighted by Crippen LogP contribution is 2.33. The van der Waals surface area contributed by atoms with Gasteiger partial charge in [-0.15, -0.1) is 0 Å². The average Bonchev–Trinajstić information content (AvgIpc) is 3.04. The highest BCUT2D eigenvalue weighted by molar-refractivity contribution is 6.00. The Labute approximate surface area is 159 Å². The Balaban J connectivity index is 1.70. The van der Waals surface area contributed by atoms with Crippen molar-refractivity contribution in [1.29, 1.82) is 0 Å². The van der Waals surface area contributed by atoms with E-state index in [1.165, 1.54) is 0 Å². The van der Waals surface area contributed by atoms with Gasteiger partial charge in [0, 0.05) is 44.4 Å². The van der Waals surface area contributed by atoms with Gasteiger partial charge < -0.3 is 14.5 Å². The fraction of sp³-hybridized carbons (Fsp3) is 0.450. The van der Waals surface area contributed by atoms with Crippen LogP contribution >= 0.6 is 0 Å². The van der Waals surface area contributed by atoms with Gasteiger partial charge in [-0.25, -0.2) is 0 Å². The SMILES string of the molecule is CC(C)N(Cc1cnn(C)c1)C(=O)CCN1C(=O)[C@@H](C)Oc2ccccc21. The first kappa shape index (κ1) is 18.9. The van der Waals surface area contributed by atoms with Crippen molar-refractivity contribution in [3.8, 4) is 5.75 Å². The van der Waals surface area contributed by atoms with Crippen LogP contribution in [0.3, 0.4) is 0 Å². The monoisotopic (exact) mass is 370 g/mol. The van der Waals surface area contributed by atoms with Crippen molar-refractivity contribution in [1.82, 2.24) is 14.7 Å². The van der Waals surface area contributed by atoms with Crippen molar-refractivity contribution in [2.75, 3.05) is 11.4 Å². The van der Waals surface area contributed by atoms with Gasteiger partial charge in [-0.05, 0) is 32.9 Å². The molecule has 0 radical (unpaired) electrons. The van der Waals surface area contributed by atoms with Gasteiger partial charge in [-0.3, -0.25) is 14.3 Å². The summed E-state index contributed by atoms with van der Waals surface area (Å²) in [5.74, 6) is 0.566. The number of fused-ring (bicyclic) bond motifs is 1. The van der Waals surface area contributed by atoms with E-state index >= 15 is 0 Å². The van der Waals surface area contributed by atoms with E-state index in [0.29, 0.717) is 18.8 Å². The number of nitrogens with zero attached hydrogens (tertiary/aromatic N) is 4. The first-order chi connectivity index (χ1) is 12.9. The van der Waals surface area contributed by atoms with Gasteiger partial charge in [-0.2, -0.15) is 5.10 Å². The molecule has 1 aromatic heterocycles. The van der Waals surface area contributed by atoms with Gasteiger partial charge in [-0.1, -0.05) is 12.1 Å². The zero-order valence-corrected chi connectivity index (χ0v) is 16.3. The summed E-state index contributed by atoms with van der Waals surface area (Å²) in [7, 11) is 1.85. The summed E-state index contributed by atoms with van der Waals surface area (Å²) in [6.07, 6.45) is 3.38. The van der Waals surface area contributed by atoms with Crippen LogP contribution in [-0.4, -0.2) is 45.2 Å². The van der Waals surface area contributed by atoms with Gasteiger partial charge >= 0.3 is 0 Å². The number of anilines is 1. The highest BCUT2D eigenvalue weighted by atomic mass is 16.5. The second-order valence-corrected chi connectivity index (χ2v) is 7.11. The highest BCUT2D eigenvalue weighted by Gasteiger charge is 2.31. The summed E-state index contributed by atoms with van der Waals surface area (Å²) in [5, 5.41) is 4.16. The van der Waals surface area contributed by atoms with Gasteiger partial charge in [0.15, 0.2) is 6.10 Å². The summed E-state index contributed by atoms with van der Waals surface area (Å²) in [6.45, 7) is 6.56. The third-order valence-corrected chi connectivity index (χ3v) is 4.68. The Morgan fingerprint density at radius 3 is 2.74 bits per heavy atom. The number of amides is 2. The van der Waals surface area contributed by atoms with Crippen LogP contribution in [0, 0.1) is 0 Å². The molecule has 2 amide bonds. The number of ether oxygens (including phenoxy) is 1. The molecule has 0 aliphatic carbocycles. The topological polar surface area (TPSA) is 67.7 Å². The van der Waals surface area contributed by atoms with Crippen LogP contribution in [0.2, 0.25) is 0 Å². The second-order valence-electron chi connectivity index (χ2n) is 7.11. The number of hydrogen-bond donors (Lipinski definition) is 0. The Morgan fingerprint density at radius 1 is 1.33 bits per heavy atom. The molecule has 0 fully saturated rings. The molecule has 0 unspecified atom stereocenters. The molecule has 0 spiro atoms. The Kier molecular flexibility index (Phi) is 5.48. The molecule has 7 heteroatoms. The Morgan fingerprint density at radius 2 is 2.07 bits per heavy atom. The summed E-state index contributed by atoms with van der Waals surface area (Å²) in [4.78, 5) is 28.9. The summed E-state index contributed by atoms with van der Waals surface area (Å²) >= 11 is 0. The lowest BCUT2D eigenvalue weighted by molar-refractivity contribution is -0.133. The van der Waals surface area contributed by atoms with Gasteiger partial charge in [0.2, 0.25) is 5.91 Å². The van der Waals surface area contributed by atoms with Crippen molar-refractivity contribution >= 4 is 17.5 Å². The number of benzene rings is 1. The van der Waals surface area contributed by atoms with E-state index in [1.807, 2.05) is 56.3 Å². The van der Waals surface area contributed by atoms with E-state index in [9.17, 15) is 9.59 Å². The van der Waals surface area contributed by atoms with Crippen molar-refractivity contribution in [2.24, 2.45) is 7.05 Å². The number of para-hydroxylation sites is 2. The van der Waals surface area contributed by atoms with Crippen molar-refractivity contribution in [3.63, 3.8) is 0 Å². The van der Waals surface area contributed by atoms with Crippen molar-refractivity contribution in [2.45, 2.75) is 45.9 Å². The van der Waals surface area contributed by atoms with Crippen LogP contribution in [0.15, 0.2) is 36.7 Å². The van der Waals surface area contributed by atoms with E-state index in [0.717, 1.165) is 11.3 Å². The van der Waals surface area contributed by atoms with E-state index < -0.39 is 6.10 Å². The number of rotatable bonds is 6. The normalized spacial score (nSPS) is 16.3. The van der Waals surface area contributed by atoms with E-state index in [-0.39, 0.29) is 24.3 Å². The lowest BCUT2D eigenvalue weighted by atomic mass is 10.1. The number of aryl methyl sites for hydroxylation is 1. The summed E-state index contributed by atoms with van der Waals surface area (Å²) < 4.78 is 7.38. The van der Waals surface area contributed by atoms with Gasteiger partial charge in [0.25, 0.3) is 5.91 Å². The van der Waals surface area contributed by atoms with Crippen LogP contribution in [0.5, 0.6) is 5.75 Å². The molecule has 1 aliphatic heterocycles. The summed E-state index contributed by atoms with van der Waals surface area (Å²) in [5.41, 5.74) is 1.71. The van der Waals surface area contributed by atoms with E-state index in [4.69, 9.17) is 4.74 Å². The predicted octanol–water partition coefficient (Wildman–Crippen LogP) is 2.36. The van der Waals surface area contributed by atoms with E-state index in [2.05, 4.69) is 5.10 Å². The van der Waals surface area contributed by atoms with Crippen LogP contribution in [-0.2, 0) is 23.2 Å². The van der Waals surface area contributed by atoms with Crippen LogP contribution < -0.4 is 9.64 Å². The quantitative estimate of drug-likeness (QED) is 0.783. The number of carbonyl (C=O) groups excluding carboxylic acids is 2. The fourth-order valence-electron chi connectivity index (χ4n) is 3.25. The van der Waals surface area contributed by atoms with Crippen LogP contribution in [0.4, 0.5) is 5.69 Å². The molecule has 2 heterocycles. The number of hydrogen-bond acceptors (Lipinski definition) is 4. The summed E-state index contributed by atoms with van der Waals surface area (Å²) in [6, 6.07) is 7.49. The maximum atomic E-state index is 12.9. The molecular weight excluding hydrogens is 344 g/mol. The lowest BCUT2D eigenvalue weighted by Crippen LogP contribution is -2.46. The molecule has 1 aromatic carbocycles. The molecule has 3 rings (SSSR count). The fourth-order valence-corrected chi connectivity index (χ4v) is 3.25. The van der Waals surface area contributed by atoms with Gasteiger partial charge in [0.1, 0.15) is 5.75 Å². The molecule has 2 aromatic rings. The van der Waals surface area contributed by atoms with Crippen LogP contribution in [0.25, 0.3) is 0 Å². The van der Waals surface area contributed by atoms with Crippen LogP contribution in [0.1, 0.15) is 32.8 Å². The largest absolute Gasteiger partial charge is 0.479 e. The molecular formula is C20H26N4O3. The van der Waals surface area contributed by atoms with Crippen molar-refractivity contribution in [3.05, 3.63) is 42.2 Å². The molecule has 0 saturated carbocycles. The average molecular weight is 370 g/mol. The number of carbonyl (C=O) groups is 2. The predicted molar refractivity (Wildman–Crippen MR) is 102 cm³/mol. The maximum Gasteiger partial charge on any atom is 0.267 e. The zero-order chi connectivity index (χ0) is 19.6.